The van der Waals surface area contributed by atoms with Crippen LogP contribution in [0.15, 0.2) is 53.8 Å². The van der Waals surface area contributed by atoms with E-state index in [0.717, 1.165) is 18.4 Å². The number of benzene rings is 1. The average Bonchev–Trinajstić information content (AvgIpc) is 3.19. The maximum atomic E-state index is 12.2. The lowest BCUT2D eigenvalue weighted by atomic mass is 9.99. The highest BCUT2D eigenvalue weighted by molar-refractivity contribution is 5.92. The molecular formula is C25H30O13. The maximum Gasteiger partial charge on any atom is 0.337 e. The van der Waals surface area contributed by atoms with E-state index < -0.39 is 74.2 Å². The molecule has 0 unspecified atom stereocenters. The number of rotatable bonds is 9. The fourth-order valence-electron chi connectivity index (χ4n) is 3.70. The van der Waals surface area contributed by atoms with Gasteiger partial charge in [0.2, 0.25) is 0 Å². The lowest BCUT2D eigenvalue weighted by Gasteiger charge is -2.39. The Morgan fingerprint density at radius 2 is 1.79 bits per heavy atom. The lowest BCUT2D eigenvalue weighted by Crippen LogP contribution is -2.59. The fraction of sp³-hybridized carbons (Fsp3) is 0.440. The van der Waals surface area contributed by atoms with Crippen molar-refractivity contribution in [2.75, 3.05) is 13.2 Å². The number of carbonyl (C=O) groups excluding carboxylic acids is 2. The van der Waals surface area contributed by atoms with Crippen LogP contribution in [0, 0.1) is 0 Å². The number of ether oxygens (including phenoxy) is 4. The molecule has 0 aromatic heterocycles. The summed E-state index contributed by atoms with van der Waals surface area (Å²) in [5.74, 6) is -1.63. The highest BCUT2D eigenvalue weighted by atomic mass is 16.7. The molecule has 2 saturated heterocycles. The zero-order chi connectivity index (χ0) is 28.0. The first-order chi connectivity index (χ1) is 18.0. The first-order valence-corrected chi connectivity index (χ1v) is 11.6. The van der Waals surface area contributed by atoms with Crippen molar-refractivity contribution in [3.63, 3.8) is 0 Å². The van der Waals surface area contributed by atoms with Gasteiger partial charge in [-0.05, 0) is 42.3 Å². The topological polar surface area (TPSA) is 213 Å². The van der Waals surface area contributed by atoms with E-state index in [2.05, 4.69) is 0 Å². The molecule has 2 aliphatic heterocycles. The molecule has 7 N–H and O–H groups in total. The number of phenolic OH excluding ortho intramolecular Hbond substituents is 1. The van der Waals surface area contributed by atoms with Crippen LogP contribution < -0.4 is 0 Å². The Morgan fingerprint density at radius 3 is 2.45 bits per heavy atom. The Morgan fingerprint density at radius 1 is 1.11 bits per heavy atom. The van der Waals surface area contributed by atoms with E-state index in [1.54, 1.807) is 12.1 Å². The van der Waals surface area contributed by atoms with Crippen molar-refractivity contribution in [2.24, 2.45) is 0 Å². The molecule has 2 fully saturated rings. The molecule has 1 aromatic rings. The summed E-state index contributed by atoms with van der Waals surface area (Å²) in [6.07, 6.45) is -7.33. The standard InChI is InChI=1S/C25H30O13/c1-12(11-36-17(28)7-4-13-2-5-14(27)6-3-13)18(29)23-19(30)15(24(34)38-23)8-9-35-25-22(33)21(32)20(31)16(10-26)37-25/h2-8,11,16,18-23,25-27,29-33H,9-10H2,1H3/t16-,18+,19+,20+,21+,22+,23+,25+/m0/s1. The van der Waals surface area contributed by atoms with Crippen molar-refractivity contribution < 1.29 is 64.3 Å². The Labute approximate surface area is 217 Å². The first kappa shape index (κ1) is 29.4. The van der Waals surface area contributed by atoms with Crippen LogP contribution in [0.1, 0.15) is 12.5 Å². The van der Waals surface area contributed by atoms with Gasteiger partial charge in [-0.25, -0.2) is 9.59 Å². The van der Waals surface area contributed by atoms with Gasteiger partial charge in [0.25, 0.3) is 0 Å². The summed E-state index contributed by atoms with van der Waals surface area (Å²) < 4.78 is 20.5. The molecule has 0 radical (unpaired) electrons. The molecule has 8 atom stereocenters. The van der Waals surface area contributed by atoms with Gasteiger partial charge in [-0.1, -0.05) is 12.1 Å². The fourth-order valence-corrected chi connectivity index (χ4v) is 3.70. The Hall–Kier alpha value is -3.14. The number of aliphatic hydroxyl groups excluding tert-OH is 6. The molecule has 3 rings (SSSR count). The van der Waals surface area contributed by atoms with Gasteiger partial charge in [-0.3, -0.25) is 0 Å². The Bertz CT molecular complexity index is 1060. The number of esters is 2. The number of phenols is 1. The summed E-state index contributed by atoms with van der Waals surface area (Å²) in [6, 6.07) is 6.06. The lowest BCUT2D eigenvalue weighted by molar-refractivity contribution is -0.298. The first-order valence-electron chi connectivity index (χ1n) is 11.6. The van der Waals surface area contributed by atoms with Crippen molar-refractivity contribution in [1.29, 1.82) is 0 Å². The van der Waals surface area contributed by atoms with Crippen LogP contribution in [-0.2, 0) is 28.5 Å². The molecule has 2 heterocycles. The van der Waals surface area contributed by atoms with Gasteiger partial charge in [0.1, 0.15) is 42.4 Å². The molecule has 0 spiro atoms. The smallest absolute Gasteiger partial charge is 0.337 e. The number of cyclic esters (lactones) is 1. The van der Waals surface area contributed by atoms with Crippen molar-refractivity contribution in [3.8, 4) is 5.75 Å². The molecule has 1 aromatic carbocycles. The summed E-state index contributed by atoms with van der Waals surface area (Å²) in [5, 5.41) is 69.1. The highest BCUT2D eigenvalue weighted by Gasteiger charge is 2.45. The average molecular weight is 539 g/mol. The molecule has 13 heteroatoms. The van der Waals surface area contributed by atoms with Gasteiger partial charge in [-0.15, -0.1) is 0 Å². The third kappa shape index (κ3) is 7.03. The third-order valence-corrected chi connectivity index (χ3v) is 5.96. The van der Waals surface area contributed by atoms with Gasteiger partial charge in [0.05, 0.1) is 25.0 Å². The van der Waals surface area contributed by atoms with E-state index >= 15 is 0 Å². The monoisotopic (exact) mass is 538 g/mol. The Kier molecular flexibility index (Phi) is 10.1. The molecule has 0 saturated carbocycles. The SMILES string of the molecule is CC(=COC(=O)C=Cc1ccc(O)cc1)[C@@H](O)[C@H]1OC(=O)C(=CCO[C@@H]2O[C@@H](CO)[C@@H](O)[C@@H](O)[C@H]2O)[C@H]1O. The molecule has 38 heavy (non-hydrogen) atoms. The van der Waals surface area contributed by atoms with Crippen LogP contribution in [0.4, 0.5) is 0 Å². The normalized spacial score (nSPS) is 32.0. The second kappa shape index (κ2) is 13.1. The zero-order valence-corrected chi connectivity index (χ0v) is 20.2. The molecule has 13 nitrogen and oxygen atoms in total. The molecular weight excluding hydrogens is 508 g/mol. The van der Waals surface area contributed by atoms with E-state index in [-0.39, 0.29) is 16.9 Å². The molecule has 208 valence electrons. The third-order valence-electron chi connectivity index (χ3n) is 5.96. The second-order valence-electron chi connectivity index (χ2n) is 8.67. The highest BCUT2D eigenvalue weighted by Crippen LogP contribution is 2.27. The van der Waals surface area contributed by atoms with Gasteiger partial charge < -0.3 is 54.7 Å². The van der Waals surface area contributed by atoms with E-state index in [1.165, 1.54) is 25.1 Å². The van der Waals surface area contributed by atoms with E-state index in [4.69, 9.17) is 18.9 Å². The second-order valence-corrected chi connectivity index (χ2v) is 8.67. The molecule has 0 aliphatic carbocycles. The van der Waals surface area contributed by atoms with Crippen LogP contribution in [0.25, 0.3) is 6.08 Å². The Balaban J connectivity index is 1.55. The van der Waals surface area contributed by atoms with Gasteiger partial charge >= 0.3 is 11.9 Å². The minimum Gasteiger partial charge on any atom is -0.508 e. The summed E-state index contributed by atoms with van der Waals surface area (Å²) in [4.78, 5) is 24.2. The number of carbonyl (C=O) groups is 2. The van der Waals surface area contributed by atoms with Crippen molar-refractivity contribution in [1.82, 2.24) is 0 Å². The van der Waals surface area contributed by atoms with Crippen LogP contribution in [0.3, 0.4) is 0 Å². The van der Waals surface area contributed by atoms with Gasteiger partial charge in [0.15, 0.2) is 12.4 Å². The quantitative estimate of drug-likeness (QED) is 0.106. The minimum absolute atomic E-state index is 0.0754. The predicted octanol–water partition coefficient (Wildman–Crippen LogP) is -1.76. The van der Waals surface area contributed by atoms with Gasteiger partial charge in [-0.2, -0.15) is 0 Å². The van der Waals surface area contributed by atoms with E-state index in [9.17, 15) is 45.3 Å². The van der Waals surface area contributed by atoms with E-state index in [0.29, 0.717) is 5.56 Å². The van der Waals surface area contributed by atoms with E-state index in [1.807, 2.05) is 0 Å². The largest absolute Gasteiger partial charge is 0.508 e. The number of aromatic hydroxyl groups is 1. The minimum atomic E-state index is -1.65. The summed E-state index contributed by atoms with van der Waals surface area (Å²) in [5.41, 5.74) is 0.462. The van der Waals surface area contributed by atoms with Crippen LogP contribution >= 0.6 is 0 Å². The zero-order valence-electron chi connectivity index (χ0n) is 20.2. The van der Waals surface area contributed by atoms with Crippen LogP contribution in [0.5, 0.6) is 5.75 Å². The van der Waals surface area contributed by atoms with Crippen LogP contribution in [0.2, 0.25) is 0 Å². The van der Waals surface area contributed by atoms with Crippen LogP contribution in [-0.4, -0.2) is 110 Å². The molecule has 0 bridgehead atoms. The summed E-state index contributed by atoms with van der Waals surface area (Å²) in [7, 11) is 0. The van der Waals surface area contributed by atoms with Gasteiger partial charge in [0, 0.05) is 6.08 Å². The number of hydrogen-bond donors (Lipinski definition) is 7. The summed E-state index contributed by atoms with van der Waals surface area (Å²) in [6.45, 7) is 0.353. The number of hydrogen-bond acceptors (Lipinski definition) is 13. The molecule has 2 aliphatic rings. The number of aliphatic hydroxyl groups is 6. The van der Waals surface area contributed by atoms with Crippen molar-refractivity contribution >= 4 is 18.0 Å². The predicted molar refractivity (Wildman–Crippen MR) is 127 cm³/mol. The summed E-state index contributed by atoms with van der Waals surface area (Å²) >= 11 is 0. The van der Waals surface area contributed by atoms with Crippen molar-refractivity contribution in [3.05, 3.63) is 59.4 Å². The molecule has 0 amide bonds. The maximum absolute atomic E-state index is 12.2. The van der Waals surface area contributed by atoms with Crippen molar-refractivity contribution in [2.45, 2.75) is 55.9 Å².